The van der Waals surface area contributed by atoms with Crippen molar-refractivity contribution in [1.82, 2.24) is 14.6 Å². The van der Waals surface area contributed by atoms with Crippen LogP contribution in [0.15, 0.2) is 18.5 Å². The van der Waals surface area contributed by atoms with Gasteiger partial charge in [0.15, 0.2) is 5.82 Å². The van der Waals surface area contributed by atoms with Crippen molar-refractivity contribution in [3.63, 3.8) is 0 Å². The number of hydrogen-bond acceptors (Lipinski definition) is 4. The maximum absolute atomic E-state index is 9.50. The monoisotopic (exact) mass is 262 g/mol. The van der Waals surface area contributed by atoms with Crippen LogP contribution < -0.4 is 4.90 Å². The van der Waals surface area contributed by atoms with Crippen LogP contribution in [-0.2, 0) is 5.41 Å². The summed E-state index contributed by atoms with van der Waals surface area (Å²) >= 11 is 0. The van der Waals surface area contributed by atoms with Crippen molar-refractivity contribution < 1.29 is 5.11 Å². The van der Waals surface area contributed by atoms with Crippen molar-refractivity contribution in [1.29, 1.82) is 0 Å². The summed E-state index contributed by atoms with van der Waals surface area (Å²) in [6.45, 7) is 8.74. The molecule has 0 saturated carbocycles. The van der Waals surface area contributed by atoms with Crippen LogP contribution in [0.3, 0.4) is 0 Å². The lowest BCUT2D eigenvalue weighted by Crippen LogP contribution is -2.28. The number of anilines is 1. The second kappa shape index (κ2) is 4.81. The van der Waals surface area contributed by atoms with E-state index in [2.05, 4.69) is 36.9 Å². The predicted molar refractivity (Wildman–Crippen MR) is 76.6 cm³/mol. The normalized spacial score (nSPS) is 13.8. The van der Waals surface area contributed by atoms with Gasteiger partial charge >= 0.3 is 0 Å². The van der Waals surface area contributed by atoms with Gasteiger partial charge in [0.05, 0.1) is 11.8 Å². The van der Waals surface area contributed by atoms with E-state index in [0.717, 1.165) is 17.0 Å². The summed E-state index contributed by atoms with van der Waals surface area (Å²) in [5, 5.41) is 14.1. The maximum Gasteiger partial charge on any atom is 0.154 e. The third-order valence-corrected chi connectivity index (χ3v) is 3.04. The first kappa shape index (κ1) is 13.8. The molecule has 2 rings (SSSR count). The van der Waals surface area contributed by atoms with Crippen molar-refractivity contribution in [3.8, 4) is 0 Å². The number of fused-ring (bicyclic) bond motifs is 1. The van der Waals surface area contributed by atoms with E-state index in [4.69, 9.17) is 0 Å². The van der Waals surface area contributed by atoms with Gasteiger partial charge in [-0.25, -0.2) is 9.50 Å². The van der Waals surface area contributed by atoms with Gasteiger partial charge in [0.25, 0.3) is 0 Å². The highest BCUT2D eigenvalue weighted by atomic mass is 16.3. The highest BCUT2D eigenvalue weighted by Crippen LogP contribution is 2.25. The van der Waals surface area contributed by atoms with Gasteiger partial charge in [-0.05, 0) is 13.0 Å². The standard InChI is InChI=1S/C14H22N4O/c1-10(19)9-17(5)13-11-8-12(14(2,3)4)16-18(11)7-6-15-13/h6-8,10,19H,9H2,1-5H3. The fraction of sp³-hybridized carbons (Fsp3) is 0.571. The molecule has 0 radical (unpaired) electrons. The number of nitrogens with zero attached hydrogens (tertiary/aromatic N) is 4. The van der Waals surface area contributed by atoms with Gasteiger partial charge in [0, 0.05) is 31.4 Å². The number of hydrogen-bond donors (Lipinski definition) is 1. The van der Waals surface area contributed by atoms with E-state index < -0.39 is 6.10 Å². The average molecular weight is 262 g/mol. The Labute approximate surface area is 113 Å². The topological polar surface area (TPSA) is 53.7 Å². The van der Waals surface area contributed by atoms with Crippen LogP contribution >= 0.6 is 0 Å². The Morgan fingerprint density at radius 2 is 2.11 bits per heavy atom. The first-order valence-corrected chi connectivity index (χ1v) is 6.53. The highest BCUT2D eigenvalue weighted by molar-refractivity contribution is 5.69. The molecule has 104 valence electrons. The van der Waals surface area contributed by atoms with Gasteiger partial charge in [-0.3, -0.25) is 0 Å². The maximum atomic E-state index is 9.50. The number of likely N-dealkylation sites (N-methyl/N-ethyl adjacent to an activating group) is 1. The molecule has 0 aliphatic heterocycles. The number of aliphatic hydroxyl groups is 1. The Morgan fingerprint density at radius 1 is 1.42 bits per heavy atom. The molecule has 2 aromatic rings. The molecule has 5 heteroatoms. The van der Waals surface area contributed by atoms with E-state index >= 15 is 0 Å². The zero-order valence-corrected chi connectivity index (χ0v) is 12.3. The van der Waals surface area contributed by atoms with Crippen molar-refractivity contribution in [2.24, 2.45) is 0 Å². The van der Waals surface area contributed by atoms with E-state index in [0.29, 0.717) is 6.54 Å². The summed E-state index contributed by atoms with van der Waals surface area (Å²) in [7, 11) is 1.93. The fourth-order valence-electron chi connectivity index (χ4n) is 2.05. The molecule has 0 aliphatic rings. The Hall–Kier alpha value is -1.62. The molecule has 5 nitrogen and oxygen atoms in total. The molecule has 0 spiro atoms. The van der Waals surface area contributed by atoms with Gasteiger partial charge in [-0.15, -0.1) is 0 Å². The molecular weight excluding hydrogens is 240 g/mol. The zero-order chi connectivity index (χ0) is 14.2. The summed E-state index contributed by atoms with van der Waals surface area (Å²) in [6, 6.07) is 2.07. The molecule has 0 saturated heterocycles. The van der Waals surface area contributed by atoms with Gasteiger partial charge < -0.3 is 10.0 Å². The van der Waals surface area contributed by atoms with Crippen LogP contribution in [-0.4, -0.2) is 39.4 Å². The predicted octanol–water partition coefficient (Wildman–Crippen LogP) is 1.84. The summed E-state index contributed by atoms with van der Waals surface area (Å²) in [5.41, 5.74) is 2.01. The lowest BCUT2D eigenvalue weighted by molar-refractivity contribution is 0.201. The van der Waals surface area contributed by atoms with Gasteiger partial charge in [-0.2, -0.15) is 5.10 Å². The van der Waals surface area contributed by atoms with Gasteiger partial charge in [0.1, 0.15) is 5.52 Å². The van der Waals surface area contributed by atoms with Crippen molar-refractivity contribution in [3.05, 3.63) is 24.2 Å². The van der Waals surface area contributed by atoms with E-state index in [1.54, 1.807) is 13.1 Å². The van der Waals surface area contributed by atoms with Crippen LogP contribution in [0.5, 0.6) is 0 Å². The zero-order valence-electron chi connectivity index (χ0n) is 12.3. The quantitative estimate of drug-likeness (QED) is 0.917. The van der Waals surface area contributed by atoms with Gasteiger partial charge in [0.2, 0.25) is 0 Å². The molecular formula is C14H22N4O. The minimum absolute atomic E-state index is 0.00608. The smallest absolute Gasteiger partial charge is 0.154 e. The third kappa shape index (κ3) is 2.87. The first-order chi connectivity index (χ1) is 8.79. The average Bonchev–Trinajstić information content (AvgIpc) is 2.70. The van der Waals surface area contributed by atoms with Crippen LogP contribution in [0.4, 0.5) is 5.82 Å². The SMILES string of the molecule is CC(O)CN(C)c1nccn2nc(C(C)(C)C)cc12. The summed E-state index contributed by atoms with van der Waals surface area (Å²) in [5.74, 6) is 0.839. The second-order valence-electron chi connectivity index (χ2n) is 6.09. The minimum Gasteiger partial charge on any atom is -0.392 e. The van der Waals surface area contributed by atoms with Crippen LogP contribution in [0.1, 0.15) is 33.4 Å². The second-order valence-corrected chi connectivity index (χ2v) is 6.09. The summed E-state index contributed by atoms with van der Waals surface area (Å²) in [4.78, 5) is 6.36. The van der Waals surface area contributed by atoms with Crippen LogP contribution in [0.2, 0.25) is 0 Å². The van der Waals surface area contributed by atoms with E-state index in [9.17, 15) is 5.11 Å². The molecule has 0 amide bonds. The Kier molecular flexibility index (Phi) is 3.49. The van der Waals surface area contributed by atoms with Crippen LogP contribution in [0.25, 0.3) is 5.52 Å². The van der Waals surface area contributed by atoms with Crippen LogP contribution in [0, 0.1) is 0 Å². The van der Waals surface area contributed by atoms with Crippen molar-refractivity contribution in [2.45, 2.75) is 39.2 Å². The lowest BCUT2D eigenvalue weighted by Gasteiger charge is -2.20. The highest BCUT2D eigenvalue weighted by Gasteiger charge is 2.20. The molecule has 1 unspecified atom stereocenters. The van der Waals surface area contributed by atoms with Crippen molar-refractivity contribution >= 4 is 11.3 Å². The first-order valence-electron chi connectivity index (χ1n) is 6.53. The fourth-order valence-corrected chi connectivity index (χ4v) is 2.05. The molecule has 0 fully saturated rings. The van der Waals surface area contributed by atoms with E-state index in [1.165, 1.54) is 0 Å². The lowest BCUT2D eigenvalue weighted by atomic mass is 9.92. The van der Waals surface area contributed by atoms with Crippen molar-refractivity contribution in [2.75, 3.05) is 18.5 Å². The summed E-state index contributed by atoms with van der Waals surface area (Å²) < 4.78 is 1.85. The molecule has 0 aliphatic carbocycles. The van der Waals surface area contributed by atoms with E-state index in [1.807, 2.05) is 22.7 Å². The Morgan fingerprint density at radius 3 is 2.68 bits per heavy atom. The number of rotatable bonds is 3. The number of aromatic nitrogens is 3. The molecule has 0 bridgehead atoms. The number of aliphatic hydroxyl groups excluding tert-OH is 1. The largest absolute Gasteiger partial charge is 0.392 e. The molecule has 2 heterocycles. The Balaban J connectivity index is 2.48. The van der Waals surface area contributed by atoms with E-state index in [-0.39, 0.29) is 5.41 Å². The summed E-state index contributed by atoms with van der Waals surface area (Å²) in [6.07, 6.45) is 3.20. The molecule has 1 N–H and O–H groups in total. The molecule has 0 aromatic carbocycles. The third-order valence-electron chi connectivity index (χ3n) is 3.04. The minimum atomic E-state index is -0.392. The Bertz CT molecular complexity index is 568. The molecule has 1 atom stereocenters. The van der Waals surface area contributed by atoms with Gasteiger partial charge in [-0.1, -0.05) is 20.8 Å². The molecule has 19 heavy (non-hydrogen) atoms. The molecule has 2 aromatic heterocycles.